The number of carbonyl (C=O) groups excluding carboxylic acids is 1. The quantitative estimate of drug-likeness (QED) is 0.673. The Morgan fingerprint density at radius 3 is 2.67 bits per heavy atom. The molecule has 6 rings (SSSR count). The van der Waals surface area contributed by atoms with E-state index in [4.69, 9.17) is 0 Å². The van der Waals surface area contributed by atoms with Crippen LogP contribution < -0.4 is 15.5 Å². The highest BCUT2D eigenvalue weighted by Crippen LogP contribution is 2.47. The first-order valence-electron chi connectivity index (χ1n) is 10.3. The van der Waals surface area contributed by atoms with Gasteiger partial charge in [-0.25, -0.2) is 19.3 Å². The number of pyridine rings is 1. The number of amides is 1. The van der Waals surface area contributed by atoms with Crippen molar-refractivity contribution >= 4 is 23.1 Å². The van der Waals surface area contributed by atoms with Gasteiger partial charge in [0.25, 0.3) is 5.91 Å². The SMILES string of the molecule is Cc1cn2cc(NC(=O)c3cnc(N4C[C@@H]5[C@H](C4)[C@@H]5NC4CC4)cn3)cc(F)c2n1. The predicted molar refractivity (Wildman–Crippen MR) is 109 cm³/mol. The van der Waals surface area contributed by atoms with Gasteiger partial charge in [0.05, 0.1) is 23.8 Å². The largest absolute Gasteiger partial charge is 0.355 e. The zero-order valence-electron chi connectivity index (χ0n) is 16.5. The van der Waals surface area contributed by atoms with Gasteiger partial charge in [-0.3, -0.25) is 4.79 Å². The molecule has 1 aliphatic heterocycles. The lowest BCUT2D eigenvalue weighted by Gasteiger charge is -2.20. The Kier molecular flexibility index (Phi) is 3.83. The lowest BCUT2D eigenvalue weighted by Crippen LogP contribution is -2.32. The summed E-state index contributed by atoms with van der Waals surface area (Å²) in [5.41, 5.74) is 1.46. The van der Waals surface area contributed by atoms with Crippen molar-refractivity contribution in [1.82, 2.24) is 24.7 Å². The maximum atomic E-state index is 14.2. The Labute approximate surface area is 172 Å². The molecule has 154 valence electrons. The smallest absolute Gasteiger partial charge is 0.275 e. The predicted octanol–water partition coefficient (Wildman–Crippen LogP) is 2.01. The minimum absolute atomic E-state index is 0.193. The van der Waals surface area contributed by atoms with Gasteiger partial charge in [-0.2, -0.15) is 0 Å². The molecule has 8 nitrogen and oxygen atoms in total. The van der Waals surface area contributed by atoms with Crippen LogP contribution >= 0.6 is 0 Å². The fraction of sp³-hybridized carbons (Fsp3) is 0.429. The third-order valence-corrected chi connectivity index (χ3v) is 6.28. The normalized spacial score (nSPS) is 24.9. The fourth-order valence-electron chi connectivity index (χ4n) is 4.53. The van der Waals surface area contributed by atoms with Gasteiger partial charge in [-0.15, -0.1) is 0 Å². The maximum Gasteiger partial charge on any atom is 0.275 e. The molecule has 4 heterocycles. The van der Waals surface area contributed by atoms with Gasteiger partial charge in [0.15, 0.2) is 11.5 Å². The Morgan fingerprint density at radius 1 is 1.17 bits per heavy atom. The zero-order valence-corrected chi connectivity index (χ0v) is 16.5. The van der Waals surface area contributed by atoms with E-state index in [2.05, 4.69) is 30.5 Å². The molecule has 0 bridgehead atoms. The molecule has 2 aliphatic carbocycles. The summed E-state index contributed by atoms with van der Waals surface area (Å²) in [6.45, 7) is 3.76. The molecule has 1 saturated heterocycles. The van der Waals surface area contributed by atoms with Crippen LogP contribution in [0.4, 0.5) is 15.9 Å². The summed E-state index contributed by atoms with van der Waals surface area (Å²) in [6, 6.07) is 2.67. The molecule has 3 aromatic heterocycles. The Morgan fingerprint density at radius 2 is 1.97 bits per heavy atom. The number of carbonyl (C=O) groups is 1. The molecule has 0 spiro atoms. The average molecular weight is 407 g/mol. The number of halogens is 1. The van der Waals surface area contributed by atoms with Gasteiger partial charge >= 0.3 is 0 Å². The van der Waals surface area contributed by atoms with Crippen molar-refractivity contribution in [3.8, 4) is 0 Å². The van der Waals surface area contributed by atoms with E-state index in [9.17, 15) is 9.18 Å². The number of piperidine rings is 1. The number of nitrogens with zero attached hydrogens (tertiary/aromatic N) is 5. The fourth-order valence-corrected chi connectivity index (χ4v) is 4.53. The number of nitrogens with one attached hydrogen (secondary N) is 2. The molecule has 3 fully saturated rings. The van der Waals surface area contributed by atoms with Crippen LogP contribution in [0.2, 0.25) is 0 Å². The van der Waals surface area contributed by atoms with Crippen molar-refractivity contribution in [2.75, 3.05) is 23.3 Å². The lowest BCUT2D eigenvalue weighted by atomic mass is 10.3. The monoisotopic (exact) mass is 407 g/mol. The van der Waals surface area contributed by atoms with E-state index >= 15 is 0 Å². The first-order chi connectivity index (χ1) is 14.5. The topological polar surface area (TPSA) is 87.5 Å². The number of hydrogen-bond acceptors (Lipinski definition) is 6. The molecule has 9 heteroatoms. The summed E-state index contributed by atoms with van der Waals surface area (Å²) in [7, 11) is 0. The first-order valence-corrected chi connectivity index (χ1v) is 10.3. The highest BCUT2D eigenvalue weighted by molar-refractivity contribution is 6.02. The van der Waals surface area contributed by atoms with Crippen LogP contribution in [0.5, 0.6) is 0 Å². The molecule has 1 amide bonds. The molecule has 0 radical (unpaired) electrons. The van der Waals surface area contributed by atoms with E-state index in [1.807, 2.05) is 0 Å². The molecular formula is C21H22FN7O. The second-order valence-electron chi connectivity index (χ2n) is 8.60. The second-order valence-corrected chi connectivity index (χ2v) is 8.60. The van der Waals surface area contributed by atoms with E-state index in [1.165, 1.54) is 25.1 Å². The highest BCUT2D eigenvalue weighted by atomic mass is 19.1. The zero-order chi connectivity index (χ0) is 20.4. The molecule has 2 saturated carbocycles. The van der Waals surface area contributed by atoms with E-state index in [0.717, 1.165) is 24.9 Å². The van der Waals surface area contributed by atoms with E-state index in [-0.39, 0.29) is 11.3 Å². The van der Waals surface area contributed by atoms with Gasteiger partial charge in [0, 0.05) is 43.6 Å². The summed E-state index contributed by atoms with van der Waals surface area (Å²) in [6.07, 6.45) is 9.08. The van der Waals surface area contributed by atoms with Crippen LogP contribution in [0.1, 0.15) is 29.0 Å². The van der Waals surface area contributed by atoms with Gasteiger partial charge < -0.3 is 19.9 Å². The van der Waals surface area contributed by atoms with Gasteiger partial charge in [-0.05, 0) is 31.6 Å². The molecule has 0 unspecified atom stereocenters. The Hall–Kier alpha value is -3.07. The first kappa shape index (κ1) is 17.8. The van der Waals surface area contributed by atoms with Crippen molar-refractivity contribution < 1.29 is 9.18 Å². The van der Waals surface area contributed by atoms with E-state index < -0.39 is 11.7 Å². The van der Waals surface area contributed by atoms with Gasteiger partial charge in [0.2, 0.25) is 0 Å². The standard InChI is InChI=1S/C21H22FN7O/c1-11-7-29-8-13(4-16(22)20(29)25-11)27-21(30)17-5-24-18(6-23-17)28-9-14-15(10-28)19(14)26-12-2-3-12/h4-8,12,14-15,19,26H,2-3,9-10H2,1H3,(H,27,30)/t14-,15+,19-. The minimum Gasteiger partial charge on any atom is -0.355 e. The highest BCUT2D eigenvalue weighted by Gasteiger charge is 2.57. The van der Waals surface area contributed by atoms with Crippen LogP contribution in [0.25, 0.3) is 5.65 Å². The van der Waals surface area contributed by atoms with Gasteiger partial charge in [-0.1, -0.05) is 0 Å². The van der Waals surface area contributed by atoms with Crippen molar-refractivity contribution in [1.29, 1.82) is 0 Å². The number of aryl methyl sites for hydroxylation is 1. The number of hydrogen-bond donors (Lipinski definition) is 2. The molecule has 2 N–H and O–H groups in total. The maximum absolute atomic E-state index is 14.2. The van der Waals surface area contributed by atoms with Crippen LogP contribution in [0.15, 0.2) is 30.9 Å². The lowest BCUT2D eigenvalue weighted by molar-refractivity contribution is 0.102. The van der Waals surface area contributed by atoms with Crippen LogP contribution in [0.3, 0.4) is 0 Å². The molecule has 30 heavy (non-hydrogen) atoms. The molecule has 0 aromatic carbocycles. The summed E-state index contributed by atoms with van der Waals surface area (Å²) in [5.74, 6) is 1.27. The molecule has 3 atom stereocenters. The number of aromatic nitrogens is 4. The Balaban J connectivity index is 1.11. The third-order valence-electron chi connectivity index (χ3n) is 6.28. The van der Waals surface area contributed by atoms with Crippen LogP contribution in [0, 0.1) is 24.6 Å². The summed E-state index contributed by atoms with van der Waals surface area (Å²) < 4.78 is 15.8. The van der Waals surface area contributed by atoms with Crippen molar-refractivity contribution in [2.24, 2.45) is 11.8 Å². The minimum atomic E-state index is -0.496. The molecule has 3 aliphatic rings. The summed E-state index contributed by atoms with van der Waals surface area (Å²) >= 11 is 0. The van der Waals surface area contributed by atoms with E-state index in [0.29, 0.717) is 29.3 Å². The molecular weight excluding hydrogens is 385 g/mol. The van der Waals surface area contributed by atoms with Crippen molar-refractivity contribution in [3.63, 3.8) is 0 Å². The number of rotatable bonds is 5. The van der Waals surface area contributed by atoms with Crippen LogP contribution in [-0.2, 0) is 0 Å². The van der Waals surface area contributed by atoms with Crippen molar-refractivity contribution in [3.05, 3.63) is 48.1 Å². The number of imidazole rings is 1. The average Bonchev–Trinajstić information content (AvgIpc) is 3.56. The van der Waals surface area contributed by atoms with Crippen LogP contribution in [-0.4, -0.2) is 50.4 Å². The number of anilines is 2. The summed E-state index contributed by atoms with van der Waals surface area (Å²) in [4.78, 5) is 27.6. The molecule has 3 aromatic rings. The Bertz CT molecular complexity index is 1130. The second kappa shape index (κ2) is 6.46. The third kappa shape index (κ3) is 3.09. The van der Waals surface area contributed by atoms with Gasteiger partial charge in [0.1, 0.15) is 11.5 Å². The van der Waals surface area contributed by atoms with Crippen molar-refractivity contribution in [2.45, 2.75) is 31.8 Å². The van der Waals surface area contributed by atoms with E-state index in [1.54, 1.807) is 29.9 Å². The summed E-state index contributed by atoms with van der Waals surface area (Å²) in [5, 5.41) is 6.40. The number of fused-ring (bicyclic) bond motifs is 2.